The van der Waals surface area contributed by atoms with E-state index in [2.05, 4.69) is 15.6 Å². The third-order valence-corrected chi connectivity index (χ3v) is 4.02. The van der Waals surface area contributed by atoms with Crippen molar-refractivity contribution in [2.75, 3.05) is 33.8 Å². The van der Waals surface area contributed by atoms with Crippen LogP contribution in [0.5, 0.6) is 5.75 Å². The normalized spacial score (nSPS) is 11.1. The van der Waals surface area contributed by atoms with E-state index in [0.29, 0.717) is 43.5 Å². The average molecular weight is 386 g/mol. The molecular weight excluding hydrogens is 359 g/mol. The fourth-order valence-corrected chi connectivity index (χ4v) is 2.63. The monoisotopic (exact) mass is 386 g/mol. The van der Waals surface area contributed by atoms with E-state index >= 15 is 0 Å². The number of carbonyl (C=O) groups excluding carboxylic acids is 1. The highest BCUT2D eigenvalue weighted by Gasteiger charge is 2.08. The predicted molar refractivity (Wildman–Crippen MR) is 109 cm³/mol. The molecule has 2 rings (SSSR count). The van der Waals surface area contributed by atoms with Crippen LogP contribution >= 0.6 is 0 Å². The van der Waals surface area contributed by atoms with Crippen LogP contribution in [0.3, 0.4) is 0 Å². The zero-order valence-electron chi connectivity index (χ0n) is 16.5. The Morgan fingerprint density at radius 1 is 1.18 bits per heavy atom. The Hall–Kier alpha value is -3.09. The predicted octanol–water partition coefficient (Wildman–Crippen LogP) is 2.66. The SMILES string of the molecule is CCNC(=NCCNC(=O)c1ccc(OC)cc1)N(C)Cc1cccc(F)c1. The molecule has 0 fully saturated rings. The Morgan fingerprint density at radius 3 is 2.57 bits per heavy atom. The number of hydrogen-bond donors (Lipinski definition) is 2. The molecule has 0 bridgehead atoms. The Morgan fingerprint density at radius 2 is 1.93 bits per heavy atom. The number of hydrogen-bond acceptors (Lipinski definition) is 3. The molecule has 1 amide bonds. The van der Waals surface area contributed by atoms with Crippen molar-refractivity contribution in [3.8, 4) is 5.75 Å². The van der Waals surface area contributed by atoms with Gasteiger partial charge in [0.1, 0.15) is 11.6 Å². The molecule has 0 saturated heterocycles. The van der Waals surface area contributed by atoms with E-state index in [1.165, 1.54) is 12.1 Å². The molecule has 0 aliphatic rings. The van der Waals surface area contributed by atoms with E-state index < -0.39 is 0 Å². The van der Waals surface area contributed by atoms with E-state index in [1.807, 2.05) is 24.9 Å². The molecule has 0 aliphatic carbocycles. The molecule has 0 spiro atoms. The molecule has 0 aliphatic heterocycles. The number of halogens is 1. The van der Waals surface area contributed by atoms with Gasteiger partial charge in [0.05, 0.1) is 13.7 Å². The number of nitrogens with zero attached hydrogens (tertiary/aromatic N) is 2. The Balaban J connectivity index is 1.87. The summed E-state index contributed by atoms with van der Waals surface area (Å²) in [4.78, 5) is 18.6. The van der Waals surface area contributed by atoms with Gasteiger partial charge < -0.3 is 20.3 Å². The molecule has 2 aromatic rings. The Kier molecular flexibility index (Phi) is 8.27. The van der Waals surface area contributed by atoms with Crippen LogP contribution in [0.25, 0.3) is 0 Å². The number of aliphatic imine (C=N–C) groups is 1. The van der Waals surface area contributed by atoms with Crippen LogP contribution in [0.4, 0.5) is 4.39 Å². The summed E-state index contributed by atoms with van der Waals surface area (Å²) in [7, 11) is 3.47. The molecule has 6 nitrogen and oxygen atoms in total. The first-order valence-electron chi connectivity index (χ1n) is 9.19. The minimum Gasteiger partial charge on any atom is -0.497 e. The van der Waals surface area contributed by atoms with Gasteiger partial charge in [0.25, 0.3) is 5.91 Å². The first kappa shape index (κ1) is 21.2. The van der Waals surface area contributed by atoms with Crippen LogP contribution in [0.2, 0.25) is 0 Å². The molecular formula is C21H27FN4O2. The zero-order chi connectivity index (χ0) is 20.4. The quantitative estimate of drug-likeness (QED) is 0.416. The molecule has 2 N–H and O–H groups in total. The van der Waals surface area contributed by atoms with Crippen molar-refractivity contribution in [2.45, 2.75) is 13.5 Å². The van der Waals surface area contributed by atoms with Gasteiger partial charge in [-0.25, -0.2) is 4.39 Å². The number of rotatable bonds is 8. The molecule has 0 radical (unpaired) electrons. The highest BCUT2D eigenvalue weighted by atomic mass is 19.1. The lowest BCUT2D eigenvalue weighted by molar-refractivity contribution is 0.0954. The molecule has 0 saturated carbocycles. The second kappa shape index (κ2) is 10.9. The maximum atomic E-state index is 13.4. The van der Waals surface area contributed by atoms with E-state index in [-0.39, 0.29) is 11.7 Å². The van der Waals surface area contributed by atoms with Crippen LogP contribution in [0, 0.1) is 5.82 Å². The topological polar surface area (TPSA) is 66.0 Å². The minimum atomic E-state index is -0.255. The number of methoxy groups -OCH3 is 1. The summed E-state index contributed by atoms with van der Waals surface area (Å²) in [6.45, 7) is 4.06. The number of benzene rings is 2. The summed E-state index contributed by atoms with van der Waals surface area (Å²) in [6, 6.07) is 13.4. The summed E-state index contributed by atoms with van der Waals surface area (Å²) in [5.74, 6) is 0.994. The molecule has 2 aromatic carbocycles. The summed E-state index contributed by atoms with van der Waals surface area (Å²) in [5, 5.41) is 6.05. The number of ether oxygens (including phenoxy) is 1. The molecule has 150 valence electrons. The number of amides is 1. The number of nitrogens with one attached hydrogen (secondary N) is 2. The van der Waals surface area contributed by atoms with E-state index in [9.17, 15) is 9.18 Å². The fourth-order valence-electron chi connectivity index (χ4n) is 2.63. The lowest BCUT2D eigenvalue weighted by Gasteiger charge is -2.22. The van der Waals surface area contributed by atoms with E-state index in [0.717, 1.165) is 5.56 Å². The maximum Gasteiger partial charge on any atom is 0.251 e. The van der Waals surface area contributed by atoms with Crippen molar-refractivity contribution in [2.24, 2.45) is 4.99 Å². The lowest BCUT2D eigenvalue weighted by atomic mass is 10.2. The number of guanidine groups is 1. The maximum absolute atomic E-state index is 13.4. The summed E-state index contributed by atoms with van der Waals surface area (Å²) in [5.41, 5.74) is 1.43. The summed E-state index contributed by atoms with van der Waals surface area (Å²) in [6.07, 6.45) is 0. The molecule has 0 unspecified atom stereocenters. The van der Waals surface area contributed by atoms with Crippen molar-refractivity contribution in [3.63, 3.8) is 0 Å². The molecule has 0 aromatic heterocycles. The van der Waals surface area contributed by atoms with Gasteiger partial charge >= 0.3 is 0 Å². The molecule has 28 heavy (non-hydrogen) atoms. The van der Waals surface area contributed by atoms with Gasteiger partial charge in [-0.15, -0.1) is 0 Å². The zero-order valence-corrected chi connectivity index (χ0v) is 16.5. The standard InChI is InChI=1S/C21H27FN4O2/c1-4-23-21(26(2)15-16-6-5-7-18(22)14-16)25-13-12-24-20(27)17-8-10-19(28-3)11-9-17/h5-11,14H,4,12-13,15H2,1-3H3,(H,23,25)(H,24,27). The van der Waals surface area contributed by atoms with Gasteiger partial charge in [0, 0.05) is 32.2 Å². The van der Waals surface area contributed by atoms with Gasteiger partial charge in [-0.2, -0.15) is 0 Å². The van der Waals surface area contributed by atoms with Crippen LogP contribution in [-0.2, 0) is 6.54 Å². The van der Waals surface area contributed by atoms with Crippen molar-refractivity contribution in [1.82, 2.24) is 15.5 Å². The van der Waals surface area contributed by atoms with Gasteiger partial charge in [-0.05, 0) is 48.9 Å². The van der Waals surface area contributed by atoms with Gasteiger partial charge in [-0.3, -0.25) is 9.79 Å². The van der Waals surface area contributed by atoms with E-state index in [1.54, 1.807) is 37.4 Å². The molecule has 0 heterocycles. The second-order valence-corrected chi connectivity index (χ2v) is 6.21. The van der Waals surface area contributed by atoms with Crippen LogP contribution in [0.1, 0.15) is 22.8 Å². The smallest absolute Gasteiger partial charge is 0.251 e. The molecule has 0 atom stereocenters. The van der Waals surface area contributed by atoms with Crippen LogP contribution < -0.4 is 15.4 Å². The Labute approximate surface area is 165 Å². The third-order valence-electron chi connectivity index (χ3n) is 4.02. The van der Waals surface area contributed by atoms with Crippen molar-refractivity contribution in [3.05, 3.63) is 65.5 Å². The Bertz CT molecular complexity index is 793. The van der Waals surface area contributed by atoms with Crippen molar-refractivity contribution in [1.29, 1.82) is 0 Å². The minimum absolute atomic E-state index is 0.157. The third kappa shape index (κ3) is 6.57. The second-order valence-electron chi connectivity index (χ2n) is 6.21. The average Bonchev–Trinajstić information content (AvgIpc) is 2.70. The van der Waals surface area contributed by atoms with Crippen LogP contribution in [0.15, 0.2) is 53.5 Å². The largest absolute Gasteiger partial charge is 0.497 e. The molecule has 7 heteroatoms. The number of carbonyl (C=O) groups is 1. The highest BCUT2D eigenvalue weighted by molar-refractivity contribution is 5.94. The van der Waals surface area contributed by atoms with Gasteiger partial charge in [-0.1, -0.05) is 12.1 Å². The van der Waals surface area contributed by atoms with Gasteiger partial charge in [0.2, 0.25) is 0 Å². The summed E-state index contributed by atoms with van der Waals surface area (Å²) < 4.78 is 18.4. The fraction of sp³-hybridized carbons (Fsp3) is 0.333. The van der Waals surface area contributed by atoms with Crippen molar-refractivity contribution < 1.29 is 13.9 Å². The lowest BCUT2D eigenvalue weighted by Crippen LogP contribution is -2.39. The van der Waals surface area contributed by atoms with Gasteiger partial charge in [0.15, 0.2) is 5.96 Å². The van der Waals surface area contributed by atoms with Crippen LogP contribution in [-0.4, -0.2) is 50.6 Å². The van der Waals surface area contributed by atoms with E-state index in [4.69, 9.17) is 4.74 Å². The summed E-state index contributed by atoms with van der Waals surface area (Å²) >= 11 is 0. The first-order valence-corrected chi connectivity index (χ1v) is 9.19. The highest BCUT2D eigenvalue weighted by Crippen LogP contribution is 2.11. The van der Waals surface area contributed by atoms with Crippen molar-refractivity contribution >= 4 is 11.9 Å². The first-order chi connectivity index (χ1) is 13.5.